The van der Waals surface area contributed by atoms with Crippen LogP contribution in [0.4, 0.5) is 4.39 Å². The molecule has 0 spiro atoms. The SMILES string of the molecule is O=C(COc1ccc(F)cc1)NC1CCCC1C(=O)O. The minimum atomic E-state index is -0.882. The van der Waals surface area contributed by atoms with E-state index >= 15 is 0 Å². The summed E-state index contributed by atoms with van der Waals surface area (Å²) in [4.78, 5) is 22.7. The van der Waals surface area contributed by atoms with Crippen LogP contribution in [-0.4, -0.2) is 29.6 Å². The average molecular weight is 281 g/mol. The average Bonchev–Trinajstić information content (AvgIpc) is 2.86. The van der Waals surface area contributed by atoms with Crippen molar-refractivity contribution < 1.29 is 23.8 Å². The van der Waals surface area contributed by atoms with Crippen LogP contribution in [0.25, 0.3) is 0 Å². The summed E-state index contributed by atoms with van der Waals surface area (Å²) < 4.78 is 17.9. The van der Waals surface area contributed by atoms with E-state index in [2.05, 4.69) is 5.32 Å². The monoisotopic (exact) mass is 281 g/mol. The molecule has 0 heterocycles. The second kappa shape index (κ2) is 6.36. The number of benzene rings is 1. The van der Waals surface area contributed by atoms with Gasteiger partial charge in [-0.25, -0.2) is 4.39 Å². The van der Waals surface area contributed by atoms with Gasteiger partial charge in [-0.15, -0.1) is 0 Å². The van der Waals surface area contributed by atoms with Crippen LogP contribution in [0.15, 0.2) is 24.3 Å². The van der Waals surface area contributed by atoms with Crippen LogP contribution >= 0.6 is 0 Å². The van der Waals surface area contributed by atoms with E-state index < -0.39 is 11.9 Å². The first kappa shape index (κ1) is 14.3. The second-order valence-corrected chi connectivity index (χ2v) is 4.79. The molecule has 0 aliphatic heterocycles. The Kier molecular flexibility index (Phi) is 4.55. The highest BCUT2D eigenvalue weighted by atomic mass is 19.1. The third-order valence-corrected chi connectivity index (χ3v) is 3.36. The van der Waals surface area contributed by atoms with Crippen LogP contribution in [0.1, 0.15) is 19.3 Å². The highest BCUT2D eigenvalue weighted by Crippen LogP contribution is 2.25. The van der Waals surface area contributed by atoms with Gasteiger partial charge in [0, 0.05) is 6.04 Å². The Morgan fingerprint density at radius 3 is 2.65 bits per heavy atom. The minimum Gasteiger partial charge on any atom is -0.484 e. The van der Waals surface area contributed by atoms with E-state index in [0.29, 0.717) is 18.6 Å². The van der Waals surface area contributed by atoms with Gasteiger partial charge in [0.2, 0.25) is 0 Å². The number of hydrogen-bond acceptors (Lipinski definition) is 3. The first-order valence-corrected chi connectivity index (χ1v) is 6.47. The highest BCUT2D eigenvalue weighted by molar-refractivity contribution is 5.79. The molecule has 1 aliphatic carbocycles. The summed E-state index contributed by atoms with van der Waals surface area (Å²) in [6.07, 6.45) is 2.04. The predicted molar refractivity (Wildman–Crippen MR) is 68.8 cm³/mol. The van der Waals surface area contributed by atoms with E-state index in [4.69, 9.17) is 9.84 Å². The number of amides is 1. The van der Waals surface area contributed by atoms with E-state index in [-0.39, 0.29) is 24.4 Å². The Hall–Kier alpha value is -2.11. The molecule has 0 bridgehead atoms. The van der Waals surface area contributed by atoms with Crippen LogP contribution in [0, 0.1) is 11.7 Å². The van der Waals surface area contributed by atoms with Crippen molar-refractivity contribution in [3.05, 3.63) is 30.1 Å². The lowest BCUT2D eigenvalue weighted by atomic mass is 10.0. The van der Waals surface area contributed by atoms with Gasteiger partial charge >= 0.3 is 5.97 Å². The van der Waals surface area contributed by atoms with Crippen molar-refractivity contribution in [3.63, 3.8) is 0 Å². The molecule has 0 saturated heterocycles. The summed E-state index contributed by atoms with van der Waals surface area (Å²) >= 11 is 0. The summed E-state index contributed by atoms with van der Waals surface area (Å²) in [5.41, 5.74) is 0. The number of carboxylic acids is 1. The van der Waals surface area contributed by atoms with Crippen molar-refractivity contribution >= 4 is 11.9 Å². The number of halogens is 1. The number of nitrogens with one attached hydrogen (secondary N) is 1. The molecule has 1 aromatic rings. The molecule has 1 saturated carbocycles. The largest absolute Gasteiger partial charge is 0.484 e. The molecule has 1 aromatic carbocycles. The van der Waals surface area contributed by atoms with Gasteiger partial charge in [0.25, 0.3) is 5.91 Å². The van der Waals surface area contributed by atoms with Crippen LogP contribution in [0.5, 0.6) is 5.75 Å². The highest BCUT2D eigenvalue weighted by Gasteiger charge is 2.33. The van der Waals surface area contributed by atoms with Crippen molar-refractivity contribution in [3.8, 4) is 5.75 Å². The minimum absolute atomic E-state index is 0.214. The Morgan fingerprint density at radius 2 is 2.00 bits per heavy atom. The molecule has 0 aromatic heterocycles. The zero-order valence-electron chi connectivity index (χ0n) is 10.8. The quantitative estimate of drug-likeness (QED) is 0.859. The number of aliphatic carboxylic acids is 1. The maximum Gasteiger partial charge on any atom is 0.308 e. The summed E-state index contributed by atoms with van der Waals surface area (Å²) in [7, 11) is 0. The molecule has 6 heteroatoms. The van der Waals surface area contributed by atoms with E-state index in [0.717, 1.165) is 6.42 Å². The zero-order chi connectivity index (χ0) is 14.5. The van der Waals surface area contributed by atoms with Gasteiger partial charge in [0.15, 0.2) is 6.61 Å². The number of ether oxygens (including phenoxy) is 1. The molecule has 2 unspecified atom stereocenters. The number of carboxylic acid groups (broad SMARTS) is 1. The molecular formula is C14H16FNO4. The van der Waals surface area contributed by atoms with Gasteiger partial charge in [0.05, 0.1) is 5.92 Å². The Morgan fingerprint density at radius 1 is 1.30 bits per heavy atom. The van der Waals surface area contributed by atoms with Gasteiger partial charge in [-0.05, 0) is 37.1 Å². The number of rotatable bonds is 5. The molecule has 2 rings (SSSR count). The van der Waals surface area contributed by atoms with E-state index in [9.17, 15) is 14.0 Å². The van der Waals surface area contributed by atoms with E-state index in [1.807, 2.05) is 0 Å². The number of hydrogen-bond donors (Lipinski definition) is 2. The molecule has 20 heavy (non-hydrogen) atoms. The zero-order valence-corrected chi connectivity index (χ0v) is 10.8. The van der Waals surface area contributed by atoms with Crippen molar-refractivity contribution in [2.75, 3.05) is 6.61 Å². The summed E-state index contributed by atoms with van der Waals surface area (Å²) in [5.74, 6) is -1.76. The summed E-state index contributed by atoms with van der Waals surface area (Å²) in [5, 5.41) is 11.7. The van der Waals surface area contributed by atoms with E-state index in [1.54, 1.807) is 0 Å². The van der Waals surface area contributed by atoms with Gasteiger partial charge in [-0.1, -0.05) is 6.42 Å². The maximum atomic E-state index is 12.7. The second-order valence-electron chi connectivity index (χ2n) is 4.79. The van der Waals surface area contributed by atoms with Crippen molar-refractivity contribution in [2.24, 2.45) is 5.92 Å². The first-order valence-electron chi connectivity index (χ1n) is 6.47. The van der Waals surface area contributed by atoms with Crippen LogP contribution in [-0.2, 0) is 9.59 Å². The summed E-state index contributed by atoms with van der Waals surface area (Å²) in [6, 6.07) is 5.00. The lowest BCUT2D eigenvalue weighted by molar-refractivity contribution is -0.142. The smallest absolute Gasteiger partial charge is 0.308 e. The van der Waals surface area contributed by atoms with E-state index in [1.165, 1.54) is 24.3 Å². The predicted octanol–water partition coefficient (Wildman–Crippen LogP) is 1.57. The summed E-state index contributed by atoms with van der Waals surface area (Å²) in [6.45, 7) is -0.214. The Bertz CT molecular complexity index is 488. The molecular weight excluding hydrogens is 265 g/mol. The lowest BCUT2D eigenvalue weighted by Crippen LogP contribution is -2.42. The molecule has 1 amide bonds. The maximum absolute atomic E-state index is 12.7. The van der Waals surface area contributed by atoms with Crippen molar-refractivity contribution in [1.29, 1.82) is 0 Å². The topological polar surface area (TPSA) is 75.6 Å². The van der Waals surface area contributed by atoms with Crippen LogP contribution in [0.3, 0.4) is 0 Å². The van der Waals surface area contributed by atoms with Gasteiger partial charge < -0.3 is 15.2 Å². The third-order valence-electron chi connectivity index (χ3n) is 3.36. The molecule has 1 aliphatic rings. The normalized spacial score (nSPS) is 21.4. The molecule has 5 nitrogen and oxygen atoms in total. The molecule has 0 radical (unpaired) electrons. The third kappa shape index (κ3) is 3.69. The number of carbonyl (C=O) groups is 2. The fourth-order valence-electron chi connectivity index (χ4n) is 2.36. The number of carbonyl (C=O) groups excluding carboxylic acids is 1. The molecule has 2 atom stereocenters. The fourth-order valence-corrected chi connectivity index (χ4v) is 2.36. The molecule has 1 fully saturated rings. The van der Waals surface area contributed by atoms with Gasteiger partial charge in [-0.2, -0.15) is 0 Å². The fraction of sp³-hybridized carbons (Fsp3) is 0.429. The Balaban J connectivity index is 1.80. The lowest BCUT2D eigenvalue weighted by Gasteiger charge is -2.17. The van der Waals surface area contributed by atoms with Crippen molar-refractivity contribution in [1.82, 2.24) is 5.32 Å². The Labute approximate surface area is 115 Å². The van der Waals surface area contributed by atoms with Crippen molar-refractivity contribution in [2.45, 2.75) is 25.3 Å². The molecule has 108 valence electrons. The molecule has 2 N–H and O–H groups in total. The van der Waals surface area contributed by atoms with Gasteiger partial charge in [-0.3, -0.25) is 9.59 Å². The van der Waals surface area contributed by atoms with Gasteiger partial charge in [0.1, 0.15) is 11.6 Å². The first-order chi connectivity index (χ1) is 9.56. The van der Waals surface area contributed by atoms with Crippen LogP contribution in [0.2, 0.25) is 0 Å². The van der Waals surface area contributed by atoms with Crippen LogP contribution < -0.4 is 10.1 Å². The standard InChI is InChI=1S/C14H16FNO4/c15-9-4-6-10(7-5-9)20-8-13(17)16-12-3-1-2-11(12)14(18)19/h4-7,11-12H,1-3,8H2,(H,16,17)(H,18,19).